The second kappa shape index (κ2) is 4.79. The minimum Gasteiger partial charge on any atom is -0.324 e. The molecule has 0 amide bonds. The highest BCUT2D eigenvalue weighted by Gasteiger charge is 2.13. The van der Waals surface area contributed by atoms with Crippen LogP contribution in [0.25, 0.3) is 4.96 Å². The van der Waals surface area contributed by atoms with Gasteiger partial charge in [0.05, 0.1) is 5.69 Å². The average Bonchev–Trinajstić information content (AvgIpc) is 2.93. The van der Waals surface area contributed by atoms with Crippen molar-refractivity contribution < 1.29 is 0 Å². The molecule has 3 aromatic rings. The number of nitrogens with two attached hydrogens (primary N) is 1. The predicted molar refractivity (Wildman–Crippen MR) is 79.6 cm³/mol. The van der Waals surface area contributed by atoms with E-state index >= 15 is 0 Å². The van der Waals surface area contributed by atoms with E-state index < -0.39 is 0 Å². The van der Waals surface area contributed by atoms with E-state index in [1.54, 1.807) is 11.3 Å². The third-order valence-electron chi connectivity index (χ3n) is 3.62. The second-order valence-corrected chi connectivity index (χ2v) is 5.80. The lowest BCUT2D eigenvalue weighted by Crippen LogP contribution is -2.15. The van der Waals surface area contributed by atoms with Crippen LogP contribution in [-0.4, -0.2) is 9.38 Å². The maximum atomic E-state index is 6.34. The van der Waals surface area contributed by atoms with Crippen LogP contribution < -0.4 is 5.73 Å². The Balaban J connectivity index is 1.86. The van der Waals surface area contributed by atoms with Crippen molar-refractivity contribution >= 4 is 16.3 Å². The number of hydrogen-bond acceptors (Lipinski definition) is 3. The molecule has 98 valence electrons. The van der Waals surface area contributed by atoms with Crippen LogP contribution in [0.15, 0.2) is 36.0 Å². The summed E-state index contributed by atoms with van der Waals surface area (Å²) in [5.41, 5.74) is 11.2. The Labute approximate surface area is 116 Å². The summed E-state index contributed by atoms with van der Waals surface area (Å²) >= 11 is 1.65. The molecule has 0 radical (unpaired) electrons. The van der Waals surface area contributed by atoms with Crippen molar-refractivity contribution in [2.24, 2.45) is 5.73 Å². The molecule has 2 aromatic heterocycles. The zero-order valence-electron chi connectivity index (χ0n) is 11.1. The summed E-state index contributed by atoms with van der Waals surface area (Å²) in [4.78, 5) is 5.62. The lowest BCUT2D eigenvalue weighted by molar-refractivity contribution is 0.704. The van der Waals surface area contributed by atoms with Crippen molar-refractivity contribution in [3.8, 4) is 0 Å². The number of nitrogens with zero attached hydrogens (tertiary/aromatic N) is 2. The van der Waals surface area contributed by atoms with Gasteiger partial charge in [0, 0.05) is 30.2 Å². The largest absolute Gasteiger partial charge is 0.324 e. The lowest BCUT2D eigenvalue weighted by Gasteiger charge is -2.15. The van der Waals surface area contributed by atoms with E-state index in [-0.39, 0.29) is 6.04 Å². The molecule has 1 unspecified atom stereocenters. The predicted octanol–water partition coefficient (Wildman–Crippen LogP) is 3.26. The van der Waals surface area contributed by atoms with Crippen LogP contribution in [0, 0.1) is 13.8 Å². The monoisotopic (exact) mass is 271 g/mol. The quantitative estimate of drug-likeness (QED) is 0.794. The molecule has 0 saturated heterocycles. The van der Waals surface area contributed by atoms with Gasteiger partial charge in [-0.1, -0.05) is 18.2 Å². The van der Waals surface area contributed by atoms with E-state index in [4.69, 9.17) is 5.73 Å². The minimum absolute atomic E-state index is 0.00417. The van der Waals surface area contributed by atoms with E-state index in [0.717, 1.165) is 17.1 Å². The number of thiazole rings is 1. The smallest absolute Gasteiger partial charge is 0.193 e. The van der Waals surface area contributed by atoms with Crippen LogP contribution in [-0.2, 0) is 6.42 Å². The third kappa shape index (κ3) is 2.29. The van der Waals surface area contributed by atoms with Crippen molar-refractivity contribution in [1.29, 1.82) is 0 Å². The summed E-state index contributed by atoms with van der Waals surface area (Å²) in [5.74, 6) is 0. The first kappa shape index (κ1) is 12.4. The van der Waals surface area contributed by atoms with E-state index in [1.807, 2.05) is 11.6 Å². The summed E-state index contributed by atoms with van der Waals surface area (Å²) in [6, 6.07) is 6.32. The van der Waals surface area contributed by atoms with Gasteiger partial charge in [-0.2, -0.15) is 0 Å². The molecule has 19 heavy (non-hydrogen) atoms. The van der Waals surface area contributed by atoms with E-state index in [9.17, 15) is 0 Å². The van der Waals surface area contributed by atoms with Crippen molar-refractivity contribution in [2.45, 2.75) is 26.3 Å². The Morgan fingerprint density at radius 3 is 3.00 bits per heavy atom. The Bertz CT molecular complexity index is 683. The molecule has 2 heterocycles. The summed E-state index contributed by atoms with van der Waals surface area (Å²) in [6.45, 7) is 4.26. The molecule has 2 N–H and O–H groups in total. The van der Waals surface area contributed by atoms with Gasteiger partial charge in [-0.05, 0) is 30.5 Å². The first-order valence-electron chi connectivity index (χ1n) is 6.38. The highest BCUT2D eigenvalue weighted by Crippen LogP contribution is 2.22. The summed E-state index contributed by atoms with van der Waals surface area (Å²) in [6.07, 6.45) is 4.87. The number of hydrogen-bond donors (Lipinski definition) is 1. The van der Waals surface area contributed by atoms with Gasteiger partial charge in [0.2, 0.25) is 0 Å². The number of imidazole rings is 1. The molecule has 4 heteroatoms. The van der Waals surface area contributed by atoms with Crippen LogP contribution in [0.2, 0.25) is 0 Å². The fourth-order valence-corrected chi connectivity index (χ4v) is 3.10. The Kier molecular flexibility index (Phi) is 3.12. The van der Waals surface area contributed by atoms with E-state index in [1.165, 1.54) is 16.7 Å². The average molecular weight is 271 g/mol. The Morgan fingerprint density at radius 2 is 2.21 bits per heavy atom. The molecule has 0 aliphatic rings. The number of rotatable bonds is 3. The second-order valence-electron chi connectivity index (χ2n) is 4.92. The van der Waals surface area contributed by atoms with Gasteiger partial charge < -0.3 is 5.73 Å². The van der Waals surface area contributed by atoms with Crippen LogP contribution in [0.3, 0.4) is 0 Å². The maximum absolute atomic E-state index is 6.34. The van der Waals surface area contributed by atoms with Crippen LogP contribution in [0.4, 0.5) is 0 Å². The molecule has 0 aliphatic heterocycles. The highest BCUT2D eigenvalue weighted by atomic mass is 32.1. The first-order valence-corrected chi connectivity index (χ1v) is 7.26. The van der Waals surface area contributed by atoms with Gasteiger partial charge >= 0.3 is 0 Å². The number of aryl methyl sites for hydroxylation is 1. The van der Waals surface area contributed by atoms with E-state index in [0.29, 0.717) is 0 Å². The van der Waals surface area contributed by atoms with Crippen LogP contribution >= 0.6 is 11.3 Å². The summed E-state index contributed by atoms with van der Waals surface area (Å²) < 4.78 is 2.05. The van der Waals surface area contributed by atoms with Crippen molar-refractivity contribution in [3.05, 3.63) is 58.4 Å². The molecule has 0 spiro atoms. The van der Waals surface area contributed by atoms with Gasteiger partial charge in [-0.25, -0.2) is 4.98 Å². The standard InChI is InChI=1S/C15H17N3S/c1-10-4-3-5-13(11(10)2)14(16)8-12-9-18-6-7-19-15(18)17-12/h3-7,9,14H,8,16H2,1-2H3. The van der Waals surface area contributed by atoms with Crippen molar-refractivity contribution in [2.75, 3.05) is 0 Å². The molecular weight excluding hydrogens is 254 g/mol. The van der Waals surface area contributed by atoms with Crippen LogP contribution in [0.1, 0.15) is 28.4 Å². The molecular formula is C15H17N3S. The molecule has 3 nitrogen and oxygen atoms in total. The van der Waals surface area contributed by atoms with Crippen LogP contribution in [0.5, 0.6) is 0 Å². The number of fused-ring (bicyclic) bond motifs is 1. The Morgan fingerprint density at radius 1 is 1.37 bits per heavy atom. The first-order chi connectivity index (χ1) is 9.15. The zero-order chi connectivity index (χ0) is 13.4. The minimum atomic E-state index is 0.00417. The fraction of sp³-hybridized carbons (Fsp3) is 0.267. The van der Waals surface area contributed by atoms with Gasteiger partial charge in [-0.15, -0.1) is 11.3 Å². The van der Waals surface area contributed by atoms with Crippen molar-refractivity contribution in [3.63, 3.8) is 0 Å². The normalized spacial score (nSPS) is 13.0. The zero-order valence-corrected chi connectivity index (χ0v) is 11.9. The molecule has 3 rings (SSSR count). The number of aromatic nitrogens is 2. The molecule has 0 saturated carbocycles. The van der Waals surface area contributed by atoms with Gasteiger partial charge in [-0.3, -0.25) is 4.40 Å². The van der Waals surface area contributed by atoms with Gasteiger partial charge in [0.15, 0.2) is 4.96 Å². The third-order valence-corrected chi connectivity index (χ3v) is 4.39. The fourth-order valence-electron chi connectivity index (χ4n) is 2.39. The van der Waals surface area contributed by atoms with E-state index in [2.05, 4.69) is 47.6 Å². The Hall–Kier alpha value is -1.65. The van der Waals surface area contributed by atoms with Gasteiger partial charge in [0.1, 0.15) is 0 Å². The summed E-state index contributed by atoms with van der Waals surface area (Å²) in [5, 5.41) is 2.04. The molecule has 0 fully saturated rings. The topological polar surface area (TPSA) is 43.3 Å². The maximum Gasteiger partial charge on any atom is 0.193 e. The van der Waals surface area contributed by atoms with Crippen molar-refractivity contribution in [1.82, 2.24) is 9.38 Å². The highest BCUT2D eigenvalue weighted by molar-refractivity contribution is 7.15. The molecule has 0 bridgehead atoms. The molecule has 1 aromatic carbocycles. The molecule has 1 atom stereocenters. The summed E-state index contributed by atoms with van der Waals surface area (Å²) in [7, 11) is 0. The molecule has 0 aliphatic carbocycles. The SMILES string of the molecule is Cc1cccc(C(N)Cc2cn3ccsc3n2)c1C. The number of benzene rings is 1. The lowest BCUT2D eigenvalue weighted by atomic mass is 9.95. The van der Waals surface area contributed by atoms with Gasteiger partial charge in [0.25, 0.3) is 0 Å².